The topological polar surface area (TPSA) is 92.3 Å². The number of benzene rings is 2. The maximum absolute atomic E-state index is 12.5. The van der Waals surface area contributed by atoms with Gasteiger partial charge in [-0.15, -0.1) is 0 Å². The van der Waals surface area contributed by atoms with Crippen LogP contribution in [0.25, 0.3) is 0 Å². The van der Waals surface area contributed by atoms with Gasteiger partial charge >= 0.3 is 0 Å². The van der Waals surface area contributed by atoms with Crippen molar-refractivity contribution in [3.63, 3.8) is 0 Å². The van der Waals surface area contributed by atoms with Crippen molar-refractivity contribution in [3.05, 3.63) is 53.6 Å². The van der Waals surface area contributed by atoms with E-state index >= 15 is 0 Å². The Labute approximate surface area is 172 Å². The van der Waals surface area contributed by atoms with Gasteiger partial charge in [0.25, 0.3) is 0 Å². The zero-order valence-corrected chi connectivity index (χ0v) is 18.2. The number of methoxy groups -OCH3 is 2. The number of nitrogens with zero attached hydrogens (tertiary/aromatic N) is 2. The molecular weight excluding hydrogens is 392 g/mol. The van der Waals surface area contributed by atoms with Crippen molar-refractivity contribution in [2.75, 3.05) is 35.4 Å². The minimum absolute atomic E-state index is 0.271. The second-order valence-electron chi connectivity index (χ2n) is 6.36. The van der Waals surface area contributed by atoms with Crippen molar-refractivity contribution >= 4 is 16.0 Å². The van der Waals surface area contributed by atoms with Gasteiger partial charge in [-0.1, -0.05) is 24.3 Å². The number of sulfonamides is 1. The molecule has 8 nitrogen and oxygen atoms in total. The molecule has 0 radical (unpaired) electrons. The summed E-state index contributed by atoms with van der Waals surface area (Å²) in [7, 11) is 4.35. The summed E-state index contributed by atoms with van der Waals surface area (Å²) in [6.07, 6.45) is 0. The Kier molecular flexibility index (Phi) is 7.86. The van der Waals surface area contributed by atoms with Gasteiger partial charge in [-0.25, -0.2) is 12.7 Å². The fraction of sp³-hybridized carbons (Fsp3) is 0.350. The summed E-state index contributed by atoms with van der Waals surface area (Å²) < 4.78 is 36.8. The molecule has 0 aliphatic rings. The van der Waals surface area contributed by atoms with Crippen LogP contribution in [0.2, 0.25) is 0 Å². The molecule has 9 heteroatoms. The molecule has 2 rings (SSSR count). The number of guanidine groups is 1. The zero-order chi connectivity index (χ0) is 21.4. The van der Waals surface area contributed by atoms with Crippen LogP contribution in [-0.2, 0) is 23.1 Å². The number of hydrogen-bond acceptors (Lipinski definition) is 5. The van der Waals surface area contributed by atoms with E-state index in [1.165, 1.54) is 18.4 Å². The molecule has 29 heavy (non-hydrogen) atoms. The van der Waals surface area contributed by atoms with Gasteiger partial charge in [0.15, 0.2) is 17.5 Å². The molecule has 0 spiro atoms. The van der Waals surface area contributed by atoms with E-state index in [4.69, 9.17) is 9.47 Å². The van der Waals surface area contributed by atoms with E-state index in [0.29, 0.717) is 36.1 Å². The first-order valence-electron chi connectivity index (χ1n) is 8.99. The molecule has 0 fully saturated rings. The van der Waals surface area contributed by atoms with Crippen LogP contribution in [0, 0.1) is 0 Å². The van der Waals surface area contributed by atoms with Crippen LogP contribution in [0.4, 0.5) is 0 Å². The third-order valence-corrected chi connectivity index (χ3v) is 6.22. The van der Waals surface area contributed by atoms with E-state index in [1.807, 2.05) is 24.3 Å². The molecule has 2 aromatic rings. The standard InChI is InChI=1S/C20H28N4O4S/c1-21-20(22-13-15-10-11-17(27-4)18(12-15)28-5)23-14-16-8-6-7-9-19(16)29(25,26)24(2)3/h6-12H,13-14H2,1-5H3,(H2,21,22,23). The Balaban J connectivity index is 2.06. The Morgan fingerprint density at radius 2 is 1.66 bits per heavy atom. The van der Waals surface area contributed by atoms with E-state index in [9.17, 15) is 8.42 Å². The summed E-state index contributed by atoms with van der Waals surface area (Å²) >= 11 is 0. The van der Waals surface area contributed by atoms with E-state index in [1.54, 1.807) is 39.5 Å². The van der Waals surface area contributed by atoms with Gasteiger partial charge in [0, 0.05) is 34.2 Å². The fourth-order valence-electron chi connectivity index (χ4n) is 2.67. The van der Waals surface area contributed by atoms with Crippen LogP contribution >= 0.6 is 0 Å². The summed E-state index contributed by atoms with van der Waals surface area (Å²) in [6.45, 7) is 0.826. The lowest BCUT2D eigenvalue weighted by Crippen LogP contribution is -2.36. The molecule has 0 aliphatic carbocycles. The second-order valence-corrected chi connectivity index (χ2v) is 8.48. The lowest BCUT2D eigenvalue weighted by molar-refractivity contribution is 0.354. The first kappa shape index (κ1) is 22.5. The van der Waals surface area contributed by atoms with Crippen molar-refractivity contribution in [1.29, 1.82) is 0 Å². The van der Waals surface area contributed by atoms with Crippen LogP contribution in [0.1, 0.15) is 11.1 Å². The largest absolute Gasteiger partial charge is 0.493 e. The predicted molar refractivity (Wildman–Crippen MR) is 114 cm³/mol. The third kappa shape index (κ3) is 5.61. The first-order valence-corrected chi connectivity index (χ1v) is 10.4. The van der Waals surface area contributed by atoms with Gasteiger partial charge in [-0.05, 0) is 29.3 Å². The van der Waals surface area contributed by atoms with Crippen LogP contribution in [0.3, 0.4) is 0 Å². The molecule has 0 saturated carbocycles. The Morgan fingerprint density at radius 1 is 1.00 bits per heavy atom. The molecule has 2 N–H and O–H groups in total. The number of rotatable bonds is 8. The SMILES string of the molecule is CN=C(NCc1ccc(OC)c(OC)c1)NCc1ccccc1S(=O)(=O)N(C)C. The average molecular weight is 421 g/mol. The van der Waals surface area contributed by atoms with Crippen molar-refractivity contribution in [1.82, 2.24) is 14.9 Å². The lowest BCUT2D eigenvalue weighted by Gasteiger charge is -2.17. The van der Waals surface area contributed by atoms with Crippen molar-refractivity contribution < 1.29 is 17.9 Å². The summed E-state index contributed by atoms with van der Waals surface area (Å²) in [5.41, 5.74) is 1.65. The summed E-state index contributed by atoms with van der Waals surface area (Å²) in [6, 6.07) is 12.6. The zero-order valence-electron chi connectivity index (χ0n) is 17.4. The van der Waals surface area contributed by atoms with Crippen molar-refractivity contribution in [3.8, 4) is 11.5 Å². The van der Waals surface area contributed by atoms with E-state index in [0.717, 1.165) is 5.56 Å². The maximum atomic E-state index is 12.5. The molecule has 0 aliphatic heterocycles. The van der Waals surface area contributed by atoms with Gasteiger partial charge in [-0.2, -0.15) is 0 Å². The maximum Gasteiger partial charge on any atom is 0.242 e. The molecule has 2 aromatic carbocycles. The van der Waals surface area contributed by atoms with Gasteiger partial charge in [-0.3, -0.25) is 4.99 Å². The highest BCUT2D eigenvalue weighted by molar-refractivity contribution is 7.89. The number of ether oxygens (including phenoxy) is 2. The highest BCUT2D eigenvalue weighted by Crippen LogP contribution is 2.27. The van der Waals surface area contributed by atoms with Crippen molar-refractivity contribution in [2.24, 2.45) is 4.99 Å². The number of nitrogens with one attached hydrogen (secondary N) is 2. The lowest BCUT2D eigenvalue weighted by atomic mass is 10.2. The Hall–Kier alpha value is -2.78. The monoisotopic (exact) mass is 420 g/mol. The van der Waals surface area contributed by atoms with Crippen LogP contribution in [0.15, 0.2) is 52.4 Å². The smallest absolute Gasteiger partial charge is 0.242 e. The Bertz CT molecular complexity index is 959. The first-order chi connectivity index (χ1) is 13.8. The summed E-state index contributed by atoms with van der Waals surface area (Å²) in [5.74, 6) is 1.87. The fourth-order valence-corrected chi connectivity index (χ4v) is 3.79. The van der Waals surface area contributed by atoms with Gasteiger partial charge in [0.2, 0.25) is 10.0 Å². The highest BCUT2D eigenvalue weighted by Gasteiger charge is 2.20. The number of aliphatic imine (C=N–C) groups is 1. The molecule has 0 atom stereocenters. The van der Waals surface area contributed by atoms with Crippen molar-refractivity contribution in [2.45, 2.75) is 18.0 Å². The molecular formula is C20H28N4O4S. The molecule has 0 aromatic heterocycles. The van der Waals surface area contributed by atoms with Crippen LogP contribution in [-0.4, -0.2) is 54.0 Å². The van der Waals surface area contributed by atoms with Gasteiger partial charge in [0.05, 0.1) is 19.1 Å². The average Bonchev–Trinajstić information content (AvgIpc) is 2.73. The van der Waals surface area contributed by atoms with E-state index in [2.05, 4.69) is 15.6 Å². The van der Waals surface area contributed by atoms with Gasteiger partial charge in [0.1, 0.15) is 0 Å². The minimum Gasteiger partial charge on any atom is -0.493 e. The molecule has 0 bridgehead atoms. The van der Waals surface area contributed by atoms with E-state index in [-0.39, 0.29) is 4.90 Å². The summed E-state index contributed by atoms with van der Waals surface area (Å²) in [4.78, 5) is 4.47. The normalized spacial score (nSPS) is 12.0. The summed E-state index contributed by atoms with van der Waals surface area (Å²) in [5, 5.41) is 6.37. The van der Waals surface area contributed by atoms with Crippen LogP contribution < -0.4 is 20.1 Å². The molecule has 0 saturated heterocycles. The quantitative estimate of drug-likeness (QED) is 0.500. The molecule has 158 valence electrons. The third-order valence-electron chi connectivity index (χ3n) is 4.31. The molecule has 0 amide bonds. The Morgan fingerprint density at radius 3 is 2.28 bits per heavy atom. The molecule has 0 heterocycles. The van der Waals surface area contributed by atoms with Crippen LogP contribution in [0.5, 0.6) is 11.5 Å². The highest BCUT2D eigenvalue weighted by atomic mass is 32.2. The number of hydrogen-bond donors (Lipinski definition) is 2. The van der Waals surface area contributed by atoms with Gasteiger partial charge < -0.3 is 20.1 Å². The minimum atomic E-state index is -3.52. The van der Waals surface area contributed by atoms with E-state index < -0.39 is 10.0 Å². The second kappa shape index (κ2) is 10.1. The molecule has 0 unspecified atom stereocenters. The predicted octanol–water partition coefficient (Wildman–Crippen LogP) is 1.82.